The number of aliphatic hydroxyl groups is 5. The molecule has 93 heavy (non-hydrogen) atoms. The first-order chi connectivity index (χ1) is 44.1. The molecule has 2 aromatic rings. The van der Waals surface area contributed by atoms with Crippen LogP contribution in [0.25, 0.3) is 0 Å². The molecule has 4 fully saturated rings. The number of aliphatic hydroxyl groups excluding tert-OH is 4. The Morgan fingerprint density at radius 3 is 2.03 bits per heavy atom. The molecule has 2 bridgehead atoms. The molecule has 22 nitrogen and oxygen atoms in total. The van der Waals surface area contributed by atoms with Crippen LogP contribution >= 0.6 is 11.8 Å². The van der Waals surface area contributed by atoms with Gasteiger partial charge in [-0.25, -0.2) is 9.59 Å². The lowest BCUT2D eigenvalue weighted by Gasteiger charge is -2.48. The van der Waals surface area contributed by atoms with Gasteiger partial charge < -0.3 is 92.9 Å². The fraction of sp³-hybridized carbons (Fsp3) is 0.643. The Morgan fingerprint density at radius 2 is 1.42 bits per heavy atom. The molecule has 7 N–H and O–H groups in total. The fourth-order valence-corrected chi connectivity index (χ4v) is 14.9. The monoisotopic (exact) mass is 1320 g/mol. The van der Waals surface area contributed by atoms with Crippen LogP contribution in [0.1, 0.15) is 101 Å². The van der Waals surface area contributed by atoms with Gasteiger partial charge in [-0.05, 0) is 107 Å². The normalized spacial score (nSPS) is 36.3. The molecule has 1 aliphatic carbocycles. The topological polar surface area (TPSA) is 292 Å². The number of anilines is 2. The summed E-state index contributed by atoms with van der Waals surface area (Å²) in [4.78, 5) is 41.3. The molecule has 23 unspecified atom stereocenters. The van der Waals surface area contributed by atoms with Gasteiger partial charge in [0, 0.05) is 74.6 Å². The first kappa shape index (κ1) is 73.9. The van der Waals surface area contributed by atoms with Crippen LogP contribution < -0.4 is 4.90 Å². The molecule has 516 valence electrons. The average molecular weight is 1320 g/mol. The van der Waals surface area contributed by atoms with Crippen LogP contribution in [-0.4, -0.2) is 216 Å². The van der Waals surface area contributed by atoms with E-state index in [1.54, 1.807) is 40.2 Å². The molecule has 1 spiro atoms. The summed E-state index contributed by atoms with van der Waals surface area (Å²) in [6.45, 7) is 20.6. The van der Waals surface area contributed by atoms with Gasteiger partial charge in [-0.1, -0.05) is 114 Å². The number of hydrogen-bond acceptors (Lipinski definition) is 21. The van der Waals surface area contributed by atoms with Crippen molar-refractivity contribution in [1.82, 2.24) is 4.90 Å². The summed E-state index contributed by atoms with van der Waals surface area (Å²) >= 11 is 1.88. The van der Waals surface area contributed by atoms with Crippen molar-refractivity contribution in [3.8, 4) is 0 Å². The first-order valence-corrected chi connectivity index (χ1v) is 33.4. The summed E-state index contributed by atoms with van der Waals surface area (Å²) in [6, 6.07) is 17.4. The van der Waals surface area contributed by atoms with E-state index in [0.717, 1.165) is 25.1 Å². The van der Waals surface area contributed by atoms with E-state index in [0.29, 0.717) is 49.2 Å². The number of rotatable bonds is 15. The highest BCUT2D eigenvalue weighted by Gasteiger charge is 2.60. The van der Waals surface area contributed by atoms with Crippen LogP contribution in [0.4, 0.5) is 11.4 Å². The van der Waals surface area contributed by atoms with Crippen molar-refractivity contribution < 1.29 is 97.5 Å². The number of nitrogens with zero attached hydrogens (tertiary/aromatic N) is 2. The predicted molar refractivity (Wildman–Crippen MR) is 346 cm³/mol. The second kappa shape index (κ2) is 32.4. The van der Waals surface area contributed by atoms with Gasteiger partial charge in [0.25, 0.3) is 0 Å². The molecule has 4 saturated heterocycles. The summed E-state index contributed by atoms with van der Waals surface area (Å²) in [5.74, 6) is -5.49. The third-order valence-electron chi connectivity index (χ3n) is 19.0. The van der Waals surface area contributed by atoms with Crippen molar-refractivity contribution >= 4 is 41.0 Å². The van der Waals surface area contributed by atoms with Gasteiger partial charge in [0.15, 0.2) is 30.6 Å². The second-order valence-corrected chi connectivity index (χ2v) is 27.6. The molecule has 2 aromatic carbocycles. The molecule has 7 aliphatic heterocycles. The Kier molecular flexibility index (Phi) is 25.8. The van der Waals surface area contributed by atoms with Gasteiger partial charge >= 0.3 is 17.9 Å². The van der Waals surface area contributed by atoms with Crippen LogP contribution in [0.3, 0.4) is 0 Å². The maximum absolute atomic E-state index is 14.3. The lowest BCUT2D eigenvalue weighted by molar-refractivity contribution is -0.318. The zero-order valence-electron chi connectivity index (χ0n) is 55.9. The van der Waals surface area contributed by atoms with Crippen molar-refractivity contribution in [3.05, 3.63) is 108 Å². The van der Waals surface area contributed by atoms with Gasteiger partial charge in [0.05, 0.1) is 60.7 Å². The van der Waals surface area contributed by atoms with Crippen LogP contribution in [-0.2, 0) is 61.8 Å². The van der Waals surface area contributed by atoms with Crippen molar-refractivity contribution in [2.45, 2.75) is 220 Å². The summed E-state index contributed by atoms with van der Waals surface area (Å²) in [5.41, 5.74) is 2.81. The highest BCUT2D eigenvalue weighted by molar-refractivity contribution is 7.99. The molecule has 8 aliphatic rings. The molecule has 23 atom stereocenters. The van der Waals surface area contributed by atoms with Gasteiger partial charge in [-0.3, -0.25) is 4.79 Å². The first-order valence-electron chi connectivity index (χ1n) is 32.6. The van der Waals surface area contributed by atoms with Crippen LogP contribution in [0, 0.1) is 29.6 Å². The number of aliphatic carboxylic acids is 2. The number of carboxylic acid groups (broad SMARTS) is 2. The molecule has 10 rings (SSSR count). The highest BCUT2D eigenvalue weighted by Crippen LogP contribution is 2.50. The summed E-state index contributed by atoms with van der Waals surface area (Å²) in [6.07, 6.45) is 4.01. The standard InChI is InChI=1S/C48H72O14.C18H22N2S.C4H6O6/c1-11-25(2)43-28(5)17-18-47(62-43)23-34-20-33(61-47)16-15-27(4)42(26(3)13-12-14-32-24-55-45-40(49)29(6)19-35(46(51)58-34)48(32,45)52)59-39-22-37(54-10)44(31(8)57-39)60-38-21-36(53-9)41(50)30(7)56-38;1-14(12-19(2)3)13-20-15-8-4-6-10-17(15)21-18-11-7-5-9-16(18)20;5-1(3(7)8)2(6)4(9)10/h12-15,17-19,25-26,28,30-31,33-45,49-50,52H,11,16,20-24H2,1-10H3;4-11,14H,12-13H2,1-3H3;1-2,5-6H,(H,7,8)(H,9,10). The number of carboxylic acids is 2. The van der Waals surface area contributed by atoms with E-state index >= 15 is 0 Å². The van der Waals surface area contributed by atoms with Crippen LogP contribution in [0.15, 0.2) is 118 Å². The fourth-order valence-electron chi connectivity index (χ4n) is 13.8. The van der Waals surface area contributed by atoms with Crippen molar-refractivity contribution in [2.75, 3.05) is 52.9 Å². The Morgan fingerprint density at radius 1 is 0.806 bits per heavy atom. The average Bonchev–Trinajstić information content (AvgIpc) is 1.65. The third kappa shape index (κ3) is 17.5. The minimum Gasteiger partial charge on any atom is -0.479 e. The SMILES string of the molecule is CC(CN(C)C)CN1c2ccccc2Sc2ccccc21.CCC(C)C1OC2(C=CC1C)CC1CC(CC=C(C)C(OC3CC(OC)C(OC4CC(OC)C(O)C(C)O4)C(C)O3)C(C)C=CC=C3COC4C(O)C(C)=CC(C(=O)O1)C34O)O2.O=C(O)C(O)C(O)C(=O)O. The van der Waals surface area contributed by atoms with Crippen molar-refractivity contribution in [3.63, 3.8) is 0 Å². The lowest BCUT2D eigenvalue weighted by atomic mass is 9.71. The summed E-state index contributed by atoms with van der Waals surface area (Å²) in [5, 5.41) is 66.8. The summed E-state index contributed by atoms with van der Waals surface area (Å²) < 4.78 is 63.7. The number of carbonyl (C=O) groups is 3. The van der Waals surface area contributed by atoms with E-state index < -0.39 is 115 Å². The molecule has 23 heteroatoms. The number of fused-ring (bicyclic) bond motifs is 4. The van der Waals surface area contributed by atoms with E-state index in [1.165, 1.54) is 21.2 Å². The number of carbonyl (C=O) groups excluding carboxylic acids is 1. The molecular formula is C70H100N2O20S. The maximum atomic E-state index is 14.3. The second-order valence-electron chi connectivity index (χ2n) is 26.5. The lowest BCUT2D eigenvalue weighted by Crippen LogP contribution is -2.58. The van der Waals surface area contributed by atoms with Gasteiger partial charge in [0.2, 0.25) is 0 Å². The van der Waals surface area contributed by atoms with E-state index in [-0.39, 0.29) is 42.7 Å². The van der Waals surface area contributed by atoms with Crippen molar-refractivity contribution in [2.24, 2.45) is 29.6 Å². The predicted octanol–water partition coefficient (Wildman–Crippen LogP) is 7.74. The maximum Gasteiger partial charge on any atom is 0.335 e. The van der Waals surface area contributed by atoms with E-state index in [9.17, 15) is 29.7 Å². The smallest absolute Gasteiger partial charge is 0.335 e. The van der Waals surface area contributed by atoms with Gasteiger partial charge in [0.1, 0.15) is 42.0 Å². The Labute approximate surface area is 551 Å². The van der Waals surface area contributed by atoms with E-state index in [1.807, 2.05) is 43.8 Å². The quantitative estimate of drug-likeness (QED) is 0.0662. The molecule has 0 saturated carbocycles. The number of benzene rings is 2. The van der Waals surface area contributed by atoms with Crippen LogP contribution in [0.2, 0.25) is 0 Å². The Balaban J connectivity index is 0.000000291. The van der Waals surface area contributed by atoms with Gasteiger partial charge in [-0.15, -0.1) is 0 Å². The molecule has 0 amide bonds. The third-order valence-corrected chi connectivity index (χ3v) is 20.1. The van der Waals surface area contributed by atoms with E-state index in [4.69, 9.17) is 67.8 Å². The minimum absolute atomic E-state index is 0.0317. The molecule has 0 aromatic heterocycles. The Hall–Kier alpha value is -4.90. The molecular weight excluding hydrogens is 1220 g/mol. The van der Waals surface area contributed by atoms with E-state index in [2.05, 4.69) is 119 Å². The number of allylic oxidation sites excluding steroid dienone is 2. The molecule has 7 heterocycles. The molecule has 0 radical (unpaired) electrons. The zero-order valence-corrected chi connectivity index (χ0v) is 56.7. The largest absolute Gasteiger partial charge is 0.479 e. The van der Waals surface area contributed by atoms with Crippen molar-refractivity contribution in [1.29, 1.82) is 0 Å². The zero-order chi connectivity index (χ0) is 67.8. The van der Waals surface area contributed by atoms with Gasteiger partial charge in [-0.2, -0.15) is 0 Å². The number of esters is 1. The number of hydrogen-bond donors (Lipinski definition) is 7. The van der Waals surface area contributed by atoms with Crippen LogP contribution in [0.5, 0.6) is 0 Å². The highest BCUT2D eigenvalue weighted by atomic mass is 32.2. The number of para-hydroxylation sites is 2. The Bertz CT molecular complexity index is 2950. The number of methoxy groups -OCH3 is 2. The number of ether oxygens (including phenoxy) is 10. The minimum atomic E-state index is -2.27. The summed E-state index contributed by atoms with van der Waals surface area (Å²) in [7, 11) is 7.51.